The van der Waals surface area contributed by atoms with Crippen LogP contribution in [-0.2, 0) is 4.74 Å². The van der Waals surface area contributed by atoms with E-state index in [0.29, 0.717) is 18.1 Å². The third-order valence-corrected chi connectivity index (χ3v) is 2.09. The Balaban J connectivity index is 2.77. The maximum Gasteiger partial charge on any atom is 0.427 e. The Bertz CT molecular complexity index is 416. The molecule has 0 saturated carbocycles. The summed E-state index contributed by atoms with van der Waals surface area (Å²) in [5.74, 6) is 0.708. The molecule has 0 radical (unpaired) electrons. The van der Waals surface area contributed by atoms with Gasteiger partial charge in [-0.05, 0) is 26.0 Å². The van der Waals surface area contributed by atoms with Crippen LogP contribution in [0.5, 0.6) is 5.75 Å². The lowest BCUT2D eigenvalue weighted by Crippen LogP contribution is -2.20. The SMILES string of the molecule is CCOC(=O)N/N=C(/C)c1ccccc1OC. The highest BCUT2D eigenvalue weighted by atomic mass is 16.5. The van der Waals surface area contributed by atoms with E-state index in [1.165, 1.54) is 0 Å². The van der Waals surface area contributed by atoms with E-state index in [0.717, 1.165) is 5.56 Å². The van der Waals surface area contributed by atoms with E-state index in [1.54, 1.807) is 21.0 Å². The maximum absolute atomic E-state index is 11.1. The van der Waals surface area contributed by atoms with Crippen LogP contribution in [0.1, 0.15) is 19.4 Å². The van der Waals surface area contributed by atoms with Crippen LogP contribution in [0.4, 0.5) is 4.79 Å². The summed E-state index contributed by atoms with van der Waals surface area (Å²) in [6.45, 7) is 3.83. The molecule has 0 fully saturated rings. The standard InChI is InChI=1S/C12H16N2O3/c1-4-17-12(15)14-13-9(2)10-7-5-6-8-11(10)16-3/h5-8H,4H2,1-3H3,(H,14,15)/b13-9-. The summed E-state index contributed by atoms with van der Waals surface area (Å²) in [6.07, 6.45) is -0.568. The van der Waals surface area contributed by atoms with Gasteiger partial charge in [0.2, 0.25) is 0 Å². The lowest BCUT2D eigenvalue weighted by Gasteiger charge is -2.07. The minimum absolute atomic E-state index is 0.315. The fraction of sp³-hybridized carbons (Fsp3) is 0.333. The van der Waals surface area contributed by atoms with Crippen molar-refractivity contribution < 1.29 is 14.3 Å². The first-order valence-electron chi connectivity index (χ1n) is 5.29. The Morgan fingerprint density at radius 2 is 2.12 bits per heavy atom. The van der Waals surface area contributed by atoms with E-state index in [4.69, 9.17) is 9.47 Å². The molecule has 0 aliphatic heterocycles. The van der Waals surface area contributed by atoms with Crippen LogP contribution in [0.15, 0.2) is 29.4 Å². The molecule has 92 valence electrons. The van der Waals surface area contributed by atoms with E-state index in [9.17, 15) is 4.79 Å². The van der Waals surface area contributed by atoms with Gasteiger partial charge in [-0.25, -0.2) is 10.2 Å². The van der Waals surface area contributed by atoms with Crippen molar-refractivity contribution in [2.75, 3.05) is 13.7 Å². The van der Waals surface area contributed by atoms with Gasteiger partial charge < -0.3 is 9.47 Å². The van der Waals surface area contributed by atoms with E-state index in [1.807, 2.05) is 24.3 Å². The Morgan fingerprint density at radius 3 is 2.76 bits per heavy atom. The monoisotopic (exact) mass is 236 g/mol. The second-order valence-corrected chi connectivity index (χ2v) is 3.23. The quantitative estimate of drug-likeness (QED) is 0.643. The molecule has 0 aromatic heterocycles. The number of ether oxygens (including phenoxy) is 2. The van der Waals surface area contributed by atoms with Gasteiger partial charge in [0.1, 0.15) is 5.75 Å². The molecule has 1 N–H and O–H groups in total. The van der Waals surface area contributed by atoms with E-state index < -0.39 is 6.09 Å². The number of carbonyl (C=O) groups excluding carboxylic acids is 1. The van der Waals surface area contributed by atoms with Crippen LogP contribution < -0.4 is 10.2 Å². The molecule has 0 spiro atoms. The van der Waals surface area contributed by atoms with E-state index >= 15 is 0 Å². The lowest BCUT2D eigenvalue weighted by molar-refractivity contribution is 0.152. The molecule has 0 saturated heterocycles. The molecule has 0 unspecified atom stereocenters. The predicted molar refractivity (Wildman–Crippen MR) is 65.4 cm³/mol. The van der Waals surface area contributed by atoms with Crippen LogP contribution >= 0.6 is 0 Å². The molecule has 1 aromatic carbocycles. The summed E-state index contributed by atoms with van der Waals surface area (Å²) in [4.78, 5) is 11.1. The third kappa shape index (κ3) is 3.79. The molecule has 5 heteroatoms. The number of hydrazone groups is 1. The fourth-order valence-electron chi connectivity index (χ4n) is 1.30. The van der Waals surface area contributed by atoms with Crippen LogP contribution in [0, 0.1) is 0 Å². The first kappa shape index (κ1) is 13.0. The van der Waals surface area contributed by atoms with Crippen molar-refractivity contribution in [2.45, 2.75) is 13.8 Å². The third-order valence-electron chi connectivity index (χ3n) is 2.09. The Hall–Kier alpha value is -2.04. The summed E-state index contributed by atoms with van der Waals surface area (Å²) >= 11 is 0. The molecule has 5 nitrogen and oxygen atoms in total. The minimum atomic E-state index is -0.568. The topological polar surface area (TPSA) is 59.9 Å². The molecule has 1 rings (SSSR count). The van der Waals surface area contributed by atoms with Crippen molar-refractivity contribution in [2.24, 2.45) is 5.10 Å². The predicted octanol–water partition coefficient (Wildman–Crippen LogP) is 2.17. The van der Waals surface area contributed by atoms with Crippen molar-refractivity contribution in [3.05, 3.63) is 29.8 Å². The van der Waals surface area contributed by atoms with Gasteiger partial charge in [-0.1, -0.05) is 12.1 Å². The average molecular weight is 236 g/mol. The van der Waals surface area contributed by atoms with Gasteiger partial charge in [-0.15, -0.1) is 0 Å². The molecular weight excluding hydrogens is 220 g/mol. The number of methoxy groups -OCH3 is 1. The molecule has 17 heavy (non-hydrogen) atoms. The van der Waals surface area contributed by atoms with Crippen molar-refractivity contribution in [3.63, 3.8) is 0 Å². The lowest BCUT2D eigenvalue weighted by atomic mass is 10.1. The molecule has 0 bridgehead atoms. The number of rotatable bonds is 4. The van der Waals surface area contributed by atoms with Crippen LogP contribution in [0.25, 0.3) is 0 Å². The molecule has 0 atom stereocenters. The summed E-state index contributed by atoms with van der Waals surface area (Å²) < 4.78 is 9.89. The summed E-state index contributed by atoms with van der Waals surface area (Å²) in [5.41, 5.74) is 3.78. The van der Waals surface area contributed by atoms with Crippen molar-refractivity contribution in [1.29, 1.82) is 0 Å². The highest BCUT2D eigenvalue weighted by Gasteiger charge is 2.05. The molecule has 1 amide bonds. The van der Waals surface area contributed by atoms with E-state index in [-0.39, 0.29) is 0 Å². The molecular formula is C12H16N2O3. The number of hydrogen-bond donors (Lipinski definition) is 1. The van der Waals surface area contributed by atoms with Gasteiger partial charge in [0.25, 0.3) is 0 Å². The first-order valence-corrected chi connectivity index (χ1v) is 5.29. The normalized spacial score (nSPS) is 10.9. The average Bonchev–Trinajstić information content (AvgIpc) is 2.36. The first-order chi connectivity index (χ1) is 8.19. The zero-order chi connectivity index (χ0) is 12.7. The second-order valence-electron chi connectivity index (χ2n) is 3.23. The zero-order valence-corrected chi connectivity index (χ0v) is 10.2. The summed E-state index contributed by atoms with van der Waals surface area (Å²) in [6, 6.07) is 7.44. The summed E-state index contributed by atoms with van der Waals surface area (Å²) in [7, 11) is 1.59. The number of para-hydroxylation sites is 1. The Morgan fingerprint density at radius 1 is 1.41 bits per heavy atom. The molecule has 0 aliphatic carbocycles. The zero-order valence-electron chi connectivity index (χ0n) is 10.2. The van der Waals surface area contributed by atoms with Crippen molar-refractivity contribution >= 4 is 11.8 Å². The van der Waals surface area contributed by atoms with Gasteiger partial charge in [0.05, 0.1) is 19.4 Å². The second kappa shape index (κ2) is 6.52. The van der Waals surface area contributed by atoms with Crippen molar-refractivity contribution in [3.8, 4) is 5.75 Å². The number of hydrogen-bond acceptors (Lipinski definition) is 4. The van der Waals surface area contributed by atoms with Gasteiger partial charge in [-0.3, -0.25) is 0 Å². The Labute approximate surface area is 100 Å². The van der Waals surface area contributed by atoms with Gasteiger partial charge in [0, 0.05) is 5.56 Å². The fourth-order valence-corrected chi connectivity index (χ4v) is 1.30. The highest BCUT2D eigenvalue weighted by Crippen LogP contribution is 2.17. The Kier molecular flexibility index (Phi) is 5.00. The van der Waals surface area contributed by atoms with Gasteiger partial charge in [0.15, 0.2) is 0 Å². The van der Waals surface area contributed by atoms with Crippen LogP contribution in [0.2, 0.25) is 0 Å². The number of nitrogens with zero attached hydrogens (tertiary/aromatic N) is 1. The van der Waals surface area contributed by atoms with Gasteiger partial charge >= 0.3 is 6.09 Å². The molecule has 0 aliphatic rings. The smallest absolute Gasteiger partial charge is 0.427 e. The number of amides is 1. The highest BCUT2D eigenvalue weighted by molar-refractivity contribution is 6.01. The largest absolute Gasteiger partial charge is 0.496 e. The van der Waals surface area contributed by atoms with Crippen molar-refractivity contribution in [1.82, 2.24) is 5.43 Å². The van der Waals surface area contributed by atoms with E-state index in [2.05, 4.69) is 10.5 Å². The number of carbonyl (C=O) groups is 1. The molecule has 1 aromatic rings. The maximum atomic E-state index is 11.1. The minimum Gasteiger partial charge on any atom is -0.496 e. The van der Waals surface area contributed by atoms with Gasteiger partial charge in [-0.2, -0.15) is 5.10 Å². The molecule has 0 heterocycles. The summed E-state index contributed by atoms with van der Waals surface area (Å²) in [5, 5.41) is 3.93. The number of nitrogens with one attached hydrogen (secondary N) is 1. The van der Waals surface area contributed by atoms with Crippen LogP contribution in [0.3, 0.4) is 0 Å². The van der Waals surface area contributed by atoms with Crippen LogP contribution in [-0.4, -0.2) is 25.5 Å². The number of benzene rings is 1.